The third kappa shape index (κ3) is 94.9. The molecule has 0 saturated heterocycles. The zero-order valence-electron chi connectivity index (χ0n) is 4.13. The second kappa shape index (κ2) is 9.30. The maximum atomic E-state index is 9.12. The van der Waals surface area contributed by atoms with Crippen LogP contribution in [0.1, 0.15) is 0 Å². The molecule has 0 aliphatic heterocycles. The molecule has 8 heavy (non-hydrogen) atoms. The molecule has 0 unspecified atom stereocenters. The molecule has 0 radical (unpaired) electrons. The van der Waals surface area contributed by atoms with Crippen molar-refractivity contribution in [1.82, 2.24) is 0 Å². The van der Waals surface area contributed by atoms with E-state index >= 15 is 0 Å². The summed E-state index contributed by atoms with van der Waals surface area (Å²) in [6.45, 7) is 1.90. The van der Waals surface area contributed by atoms with Gasteiger partial charge < -0.3 is 10.2 Å². The Morgan fingerprint density at radius 1 is 1.75 bits per heavy atom. The maximum Gasteiger partial charge on any atom is 0.329 e. The van der Waals surface area contributed by atoms with E-state index in [-0.39, 0.29) is 0 Å². The Hall–Kier alpha value is -1.12. The van der Waals surface area contributed by atoms with Crippen molar-refractivity contribution >= 4 is 11.9 Å². The number of aliphatic hydroxyl groups excluding tert-OH is 1. The fraction of sp³-hybridized carbons (Fsp3) is 0.250. The minimum Gasteiger partial charge on any atom is -0.480 e. The summed E-state index contributed by atoms with van der Waals surface area (Å²) in [7, 11) is 0. The molecule has 0 aliphatic rings. The van der Waals surface area contributed by atoms with E-state index in [1.165, 1.54) is 5.94 Å². The largest absolute Gasteiger partial charge is 0.480 e. The highest BCUT2D eigenvalue weighted by Crippen LogP contribution is 1.48. The van der Waals surface area contributed by atoms with Crippen molar-refractivity contribution in [3.05, 3.63) is 6.58 Å². The van der Waals surface area contributed by atoms with Crippen LogP contribution in [0.4, 0.5) is 0 Å². The first kappa shape index (κ1) is 9.99. The number of carbonyl (C=O) groups is 1. The summed E-state index contributed by atoms with van der Waals surface area (Å²) in [5.74, 6) is 0.0602. The lowest BCUT2D eigenvalue weighted by Crippen LogP contribution is -1.98. The van der Waals surface area contributed by atoms with Crippen LogP contribution in [0.15, 0.2) is 6.58 Å². The molecule has 0 fully saturated rings. The van der Waals surface area contributed by atoms with Crippen molar-refractivity contribution in [1.29, 1.82) is 0 Å². The van der Waals surface area contributed by atoms with E-state index in [0.717, 1.165) is 0 Å². The molecule has 0 amide bonds. The summed E-state index contributed by atoms with van der Waals surface area (Å²) in [6.07, 6.45) is 0. The third-order valence-corrected chi connectivity index (χ3v) is 0.135. The zero-order chi connectivity index (χ0) is 6.99. The Balaban J connectivity index is 0. The molecule has 0 aliphatic carbocycles. The second-order valence-electron chi connectivity index (χ2n) is 0.696. The van der Waals surface area contributed by atoms with Crippen LogP contribution in [0.3, 0.4) is 0 Å². The number of hydrogen-bond donors (Lipinski definition) is 2. The van der Waals surface area contributed by atoms with Crippen LogP contribution in [0.5, 0.6) is 0 Å². The van der Waals surface area contributed by atoms with Gasteiger partial charge in [-0.2, -0.15) is 0 Å². The summed E-state index contributed by atoms with van der Waals surface area (Å²) in [5.41, 5.74) is 0. The average Bonchev–Trinajstić information content (AvgIpc) is 1.69. The number of carboxylic acids is 1. The number of aliphatic carboxylic acids is 1. The molecule has 0 rings (SSSR count). The lowest BCUT2D eigenvalue weighted by Gasteiger charge is -1.72. The fourth-order valence-corrected chi connectivity index (χ4v) is 0. The topological polar surface area (TPSA) is 74.6 Å². The molecule has 0 atom stereocenters. The predicted octanol–water partition coefficient (Wildman–Crippen LogP) is -0.933. The van der Waals surface area contributed by atoms with Gasteiger partial charge in [-0.05, 0) is 6.58 Å². The van der Waals surface area contributed by atoms with Gasteiger partial charge in [0.25, 0.3) is 0 Å². The monoisotopic (exact) mass is 118 g/mol. The van der Waals surface area contributed by atoms with Gasteiger partial charge in [0.15, 0.2) is 0 Å². The minimum absolute atomic E-state index is 0.778. The normalized spacial score (nSPS) is 5.62. The molecule has 0 aromatic rings. The summed E-state index contributed by atoms with van der Waals surface area (Å²) in [6, 6.07) is 0. The molecular formula is C4H6O4. The number of hydrogen-bond acceptors (Lipinski definition) is 3. The molecule has 0 spiro atoms. The fourth-order valence-electron chi connectivity index (χ4n) is 0. The lowest BCUT2D eigenvalue weighted by molar-refractivity contribution is -0.140. The third-order valence-electron chi connectivity index (χ3n) is 0.135. The maximum absolute atomic E-state index is 9.12. The summed E-state index contributed by atoms with van der Waals surface area (Å²) in [4.78, 5) is 17.7. The number of carbonyl (C=O) groups excluding carboxylic acids is 1. The molecule has 46 valence electrons. The van der Waals surface area contributed by atoms with Crippen LogP contribution in [0, 0.1) is 0 Å². The van der Waals surface area contributed by atoms with Crippen molar-refractivity contribution in [2.45, 2.75) is 0 Å². The van der Waals surface area contributed by atoms with Gasteiger partial charge in [-0.15, -0.1) is 0 Å². The molecule has 0 aromatic heterocycles. The van der Waals surface area contributed by atoms with E-state index in [1.54, 1.807) is 0 Å². The zero-order valence-corrected chi connectivity index (χ0v) is 4.13. The highest BCUT2D eigenvalue weighted by molar-refractivity contribution is 5.67. The van der Waals surface area contributed by atoms with Crippen LogP contribution in [0.25, 0.3) is 0 Å². The van der Waals surface area contributed by atoms with E-state index < -0.39 is 12.6 Å². The van der Waals surface area contributed by atoms with Gasteiger partial charge in [0.2, 0.25) is 0 Å². The Bertz CT molecular complexity index is 90.2. The van der Waals surface area contributed by atoms with Gasteiger partial charge in [-0.25, -0.2) is 9.59 Å². The SMILES string of the molecule is C=C=O.O=C(O)CO. The van der Waals surface area contributed by atoms with Crippen molar-refractivity contribution in [3.63, 3.8) is 0 Å². The second-order valence-corrected chi connectivity index (χ2v) is 0.696. The number of rotatable bonds is 1. The van der Waals surface area contributed by atoms with E-state index in [0.29, 0.717) is 0 Å². The molecule has 4 heteroatoms. The van der Waals surface area contributed by atoms with Crippen LogP contribution in [-0.2, 0) is 9.59 Å². The summed E-state index contributed by atoms with van der Waals surface area (Å²) < 4.78 is 0. The van der Waals surface area contributed by atoms with Crippen molar-refractivity contribution in [2.75, 3.05) is 6.61 Å². The van der Waals surface area contributed by atoms with Crippen LogP contribution < -0.4 is 0 Å². The Morgan fingerprint density at radius 3 is 1.88 bits per heavy atom. The minimum atomic E-state index is -1.19. The van der Waals surface area contributed by atoms with Gasteiger partial charge in [-0.3, -0.25) is 0 Å². The van der Waals surface area contributed by atoms with Gasteiger partial charge in [0, 0.05) is 0 Å². The van der Waals surface area contributed by atoms with Crippen molar-refractivity contribution in [3.8, 4) is 0 Å². The quantitative estimate of drug-likeness (QED) is 0.436. The van der Waals surface area contributed by atoms with Crippen LogP contribution in [0.2, 0.25) is 0 Å². The highest BCUT2D eigenvalue weighted by Gasteiger charge is 1.82. The van der Waals surface area contributed by atoms with Crippen molar-refractivity contribution < 1.29 is 19.8 Å². The summed E-state index contributed by atoms with van der Waals surface area (Å²) in [5, 5.41) is 15.0. The van der Waals surface area contributed by atoms with Gasteiger partial charge in [0.05, 0.1) is 0 Å². The first-order valence-electron chi connectivity index (χ1n) is 1.66. The molecule has 2 N–H and O–H groups in total. The van der Waals surface area contributed by atoms with E-state index in [9.17, 15) is 0 Å². The molecule has 4 nitrogen and oxygen atoms in total. The first-order chi connectivity index (χ1) is 3.68. The number of aliphatic hydroxyl groups is 1. The smallest absolute Gasteiger partial charge is 0.329 e. The molecule has 0 aromatic carbocycles. The van der Waals surface area contributed by atoms with E-state index in [2.05, 4.69) is 6.58 Å². The molecule has 0 saturated carbocycles. The summed E-state index contributed by atoms with van der Waals surface area (Å²) >= 11 is 0. The Labute approximate surface area is 46.1 Å². The van der Waals surface area contributed by atoms with Crippen LogP contribution in [-0.4, -0.2) is 28.7 Å². The standard InChI is InChI=1S/C2H4O3.C2H2O/c3-1-2(4)5;1-2-3/h3H,1H2,(H,4,5);1H2. The Morgan fingerprint density at radius 2 is 1.88 bits per heavy atom. The first-order valence-corrected chi connectivity index (χ1v) is 1.66. The van der Waals surface area contributed by atoms with E-state index in [1.807, 2.05) is 0 Å². The number of carboxylic acid groups (broad SMARTS) is 1. The average molecular weight is 118 g/mol. The lowest BCUT2D eigenvalue weighted by atomic mass is 10.8. The molecular weight excluding hydrogens is 112 g/mol. The predicted molar refractivity (Wildman–Crippen MR) is 26.0 cm³/mol. The van der Waals surface area contributed by atoms with Gasteiger partial charge >= 0.3 is 5.97 Å². The van der Waals surface area contributed by atoms with Crippen molar-refractivity contribution in [2.24, 2.45) is 0 Å². The van der Waals surface area contributed by atoms with Crippen LogP contribution >= 0.6 is 0 Å². The van der Waals surface area contributed by atoms with E-state index in [4.69, 9.17) is 19.8 Å². The van der Waals surface area contributed by atoms with Gasteiger partial charge in [0.1, 0.15) is 12.5 Å². The molecule has 0 heterocycles. The van der Waals surface area contributed by atoms with Gasteiger partial charge in [-0.1, -0.05) is 0 Å². The highest BCUT2D eigenvalue weighted by atomic mass is 16.4. The Kier molecular flexibility index (Phi) is 11.6. The molecule has 0 bridgehead atoms.